The average molecular weight is 380 g/mol. The summed E-state index contributed by atoms with van der Waals surface area (Å²) in [5, 5.41) is 1.05. The van der Waals surface area contributed by atoms with Crippen molar-refractivity contribution in [1.82, 2.24) is 13.5 Å². The van der Waals surface area contributed by atoms with Crippen LogP contribution in [0.15, 0.2) is 47.5 Å². The molecule has 0 fully saturated rings. The number of rotatable bonds is 2. The third-order valence-electron chi connectivity index (χ3n) is 4.66. The van der Waals surface area contributed by atoms with Crippen LogP contribution in [0, 0.1) is 0 Å². The second-order valence-corrected chi connectivity index (χ2v) is 8.71. The number of fused-ring (bicyclic) bond motifs is 4. The number of nitrogens with zero attached hydrogens (tertiary/aromatic N) is 4. The summed E-state index contributed by atoms with van der Waals surface area (Å²) in [6.07, 6.45) is 1.65. The van der Waals surface area contributed by atoms with Crippen LogP contribution in [0.3, 0.4) is 0 Å². The maximum Gasteiger partial charge on any atom is 0.275 e. The van der Waals surface area contributed by atoms with Crippen LogP contribution in [0.25, 0.3) is 36.2 Å². The highest BCUT2D eigenvalue weighted by molar-refractivity contribution is 7.25. The molecule has 0 saturated carbocycles. The number of hydrogen-bond acceptors (Lipinski definition) is 5. The van der Waals surface area contributed by atoms with E-state index in [-0.39, 0.29) is 5.56 Å². The van der Waals surface area contributed by atoms with Gasteiger partial charge in [-0.05, 0) is 30.3 Å². The predicted octanol–water partition coefficient (Wildman–Crippen LogP) is 4.22. The van der Waals surface area contributed by atoms with Crippen molar-refractivity contribution < 1.29 is 0 Å². The zero-order chi connectivity index (χ0) is 18.0. The summed E-state index contributed by atoms with van der Waals surface area (Å²) in [4.78, 5) is 19.9. The van der Waals surface area contributed by atoms with Gasteiger partial charge in [0.1, 0.15) is 11.0 Å². The molecule has 5 nitrogen and oxygen atoms in total. The van der Waals surface area contributed by atoms with E-state index in [2.05, 4.69) is 32.0 Å². The zero-order valence-corrected chi connectivity index (χ0v) is 16.2. The molecule has 0 saturated heterocycles. The van der Waals surface area contributed by atoms with Gasteiger partial charge in [0.25, 0.3) is 5.56 Å². The largest absolute Gasteiger partial charge is 0.377 e. The molecule has 0 bridgehead atoms. The van der Waals surface area contributed by atoms with Crippen molar-refractivity contribution in [2.45, 2.75) is 0 Å². The Bertz CT molecular complexity index is 1350. The molecule has 0 aliphatic carbocycles. The first-order valence-corrected chi connectivity index (χ1v) is 9.80. The van der Waals surface area contributed by atoms with Crippen molar-refractivity contribution in [2.75, 3.05) is 19.0 Å². The highest BCUT2D eigenvalue weighted by atomic mass is 32.1. The third-order valence-corrected chi connectivity index (χ3v) is 6.81. The molecular weight excluding hydrogens is 364 g/mol. The molecule has 7 heteroatoms. The zero-order valence-electron chi connectivity index (χ0n) is 14.6. The van der Waals surface area contributed by atoms with E-state index in [0.29, 0.717) is 4.70 Å². The van der Waals surface area contributed by atoms with Crippen LogP contribution in [-0.2, 0) is 7.05 Å². The highest BCUT2D eigenvalue weighted by Gasteiger charge is 2.16. The second-order valence-electron chi connectivity index (χ2n) is 6.49. The van der Waals surface area contributed by atoms with Crippen LogP contribution in [-0.4, -0.2) is 27.6 Å². The molecule has 0 amide bonds. The van der Waals surface area contributed by atoms with Gasteiger partial charge in [0, 0.05) is 36.9 Å². The van der Waals surface area contributed by atoms with Crippen LogP contribution in [0.2, 0.25) is 0 Å². The summed E-state index contributed by atoms with van der Waals surface area (Å²) < 4.78 is 6.75. The van der Waals surface area contributed by atoms with E-state index in [1.807, 2.05) is 39.3 Å². The Labute approximate surface area is 157 Å². The Balaban J connectivity index is 1.80. The fourth-order valence-corrected chi connectivity index (χ4v) is 5.29. The van der Waals surface area contributed by atoms with Crippen LogP contribution in [0.5, 0.6) is 0 Å². The quantitative estimate of drug-likeness (QED) is 0.460. The summed E-state index contributed by atoms with van der Waals surface area (Å²) in [5.41, 5.74) is 3.84. The summed E-state index contributed by atoms with van der Waals surface area (Å²) in [5.74, 6) is 0. The summed E-state index contributed by atoms with van der Waals surface area (Å²) in [6.45, 7) is 0. The smallest absolute Gasteiger partial charge is 0.275 e. The topological polar surface area (TPSA) is 43.1 Å². The summed E-state index contributed by atoms with van der Waals surface area (Å²) >= 11 is 3.21. The standard InChI is InChI=1S/C19H16N4OS2/c1-21(2)12-5-4-6-15-16(12)17-18(25-15)19(24)23(10-20-17)11-7-8-14-13(9-11)22(3)26-14/h4-10H,1-3H3. The van der Waals surface area contributed by atoms with Crippen molar-refractivity contribution in [3.63, 3.8) is 0 Å². The minimum absolute atomic E-state index is 0.0181. The highest BCUT2D eigenvalue weighted by Crippen LogP contribution is 2.36. The molecule has 0 atom stereocenters. The summed E-state index contributed by atoms with van der Waals surface area (Å²) in [6, 6.07) is 12.2. The van der Waals surface area contributed by atoms with Crippen LogP contribution >= 0.6 is 22.9 Å². The third kappa shape index (κ3) is 2.07. The lowest BCUT2D eigenvalue weighted by Crippen LogP contribution is -2.18. The molecule has 3 heterocycles. The number of aryl methyl sites for hydroxylation is 1. The van der Waals surface area contributed by atoms with Crippen molar-refractivity contribution >= 4 is 59.1 Å². The monoisotopic (exact) mass is 380 g/mol. The molecule has 2 aromatic carbocycles. The minimum atomic E-state index is -0.0181. The Morgan fingerprint density at radius 2 is 1.96 bits per heavy atom. The van der Waals surface area contributed by atoms with Gasteiger partial charge < -0.3 is 4.90 Å². The van der Waals surface area contributed by atoms with Gasteiger partial charge in [-0.2, -0.15) is 0 Å². The lowest BCUT2D eigenvalue weighted by Gasteiger charge is -2.14. The first-order chi connectivity index (χ1) is 12.5. The van der Waals surface area contributed by atoms with Crippen LogP contribution < -0.4 is 10.5 Å². The summed E-state index contributed by atoms with van der Waals surface area (Å²) in [7, 11) is 6.04. The normalized spacial score (nSPS) is 11.8. The van der Waals surface area contributed by atoms with Gasteiger partial charge in [-0.1, -0.05) is 17.6 Å². The number of aromatic nitrogens is 3. The molecule has 0 aliphatic heterocycles. The fraction of sp³-hybridized carbons (Fsp3) is 0.158. The van der Waals surface area contributed by atoms with Crippen molar-refractivity contribution in [3.8, 4) is 5.69 Å². The Morgan fingerprint density at radius 3 is 2.73 bits per heavy atom. The maximum absolute atomic E-state index is 13.2. The molecule has 0 radical (unpaired) electrons. The molecular formula is C19H16N4OS2. The van der Waals surface area contributed by atoms with E-state index in [1.165, 1.54) is 16.0 Å². The van der Waals surface area contributed by atoms with E-state index in [1.54, 1.807) is 22.4 Å². The van der Waals surface area contributed by atoms with Gasteiger partial charge in [-0.25, -0.2) is 4.98 Å². The first-order valence-electron chi connectivity index (χ1n) is 8.21. The van der Waals surface area contributed by atoms with Gasteiger partial charge >= 0.3 is 0 Å². The van der Waals surface area contributed by atoms with E-state index in [4.69, 9.17) is 0 Å². The van der Waals surface area contributed by atoms with Gasteiger partial charge in [0.15, 0.2) is 0 Å². The average Bonchev–Trinajstić information content (AvgIpc) is 3.01. The number of benzene rings is 2. The molecule has 5 rings (SSSR count). The second kappa shape index (κ2) is 5.43. The molecule has 0 unspecified atom stereocenters. The molecule has 130 valence electrons. The Hall–Kier alpha value is -2.64. The number of anilines is 1. The lowest BCUT2D eigenvalue weighted by molar-refractivity contribution is 0.965. The molecule has 0 aliphatic rings. The van der Waals surface area contributed by atoms with E-state index >= 15 is 0 Å². The van der Waals surface area contributed by atoms with Crippen molar-refractivity contribution in [3.05, 3.63) is 53.1 Å². The fourth-order valence-electron chi connectivity index (χ4n) is 3.35. The van der Waals surface area contributed by atoms with Gasteiger partial charge in [-0.3, -0.25) is 13.3 Å². The van der Waals surface area contributed by atoms with Crippen LogP contribution in [0.4, 0.5) is 5.69 Å². The Morgan fingerprint density at radius 1 is 1.12 bits per heavy atom. The molecule has 0 spiro atoms. The lowest BCUT2D eigenvalue weighted by atomic mass is 10.2. The van der Waals surface area contributed by atoms with Crippen molar-refractivity contribution in [1.29, 1.82) is 0 Å². The van der Waals surface area contributed by atoms with Gasteiger partial charge in [0.2, 0.25) is 0 Å². The van der Waals surface area contributed by atoms with E-state index in [9.17, 15) is 4.79 Å². The number of thiophene rings is 1. The van der Waals surface area contributed by atoms with Crippen molar-refractivity contribution in [2.24, 2.45) is 7.05 Å². The molecule has 26 heavy (non-hydrogen) atoms. The molecule has 0 N–H and O–H groups in total. The first kappa shape index (κ1) is 15.6. The molecule has 5 aromatic rings. The van der Waals surface area contributed by atoms with Gasteiger partial charge in [-0.15, -0.1) is 11.3 Å². The molecule has 3 aromatic heterocycles. The SMILES string of the molecule is CN(C)c1cccc2sc3c(=O)n(-c4ccc5sn(C)c5c4)cnc3c12. The minimum Gasteiger partial charge on any atom is -0.377 e. The maximum atomic E-state index is 13.2. The van der Waals surface area contributed by atoms with E-state index in [0.717, 1.165) is 32.5 Å². The van der Waals surface area contributed by atoms with E-state index < -0.39 is 0 Å². The van der Waals surface area contributed by atoms with Gasteiger partial charge in [0.05, 0.1) is 21.4 Å². The predicted molar refractivity (Wildman–Crippen MR) is 111 cm³/mol. The Kier molecular flexibility index (Phi) is 3.26. The number of hydrogen-bond donors (Lipinski definition) is 0. The van der Waals surface area contributed by atoms with Crippen LogP contribution in [0.1, 0.15) is 0 Å².